The topological polar surface area (TPSA) is 29.0 Å². The largest absolute Gasteiger partial charge is 0.353 e. The number of anilines is 1. The zero-order valence-corrected chi connectivity index (χ0v) is 13.4. The first-order chi connectivity index (χ1) is 10.7. The van der Waals surface area contributed by atoms with Crippen LogP contribution in [0.25, 0.3) is 0 Å². The molecule has 2 aromatic rings. The summed E-state index contributed by atoms with van der Waals surface area (Å²) in [4.78, 5) is 11.7. The Morgan fingerprint density at radius 1 is 1.05 bits per heavy atom. The molecule has 0 amide bonds. The number of aromatic nitrogens is 2. The van der Waals surface area contributed by atoms with Crippen molar-refractivity contribution in [2.75, 3.05) is 11.4 Å². The van der Waals surface area contributed by atoms with Crippen molar-refractivity contribution in [1.29, 1.82) is 0 Å². The van der Waals surface area contributed by atoms with Crippen LogP contribution in [0.3, 0.4) is 0 Å². The summed E-state index contributed by atoms with van der Waals surface area (Å²) in [6.07, 6.45) is 5.64. The molecule has 4 rings (SSSR count). The van der Waals surface area contributed by atoms with Crippen LogP contribution in [0.5, 0.6) is 0 Å². The Hall–Kier alpha value is -1.90. The fourth-order valence-electron chi connectivity index (χ4n) is 3.49. The van der Waals surface area contributed by atoms with Gasteiger partial charge in [-0.15, -0.1) is 0 Å². The molecule has 1 aromatic heterocycles. The van der Waals surface area contributed by atoms with Gasteiger partial charge in [-0.05, 0) is 44.7 Å². The summed E-state index contributed by atoms with van der Waals surface area (Å²) in [5, 5.41) is 0. The summed E-state index contributed by atoms with van der Waals surface area (Å²) in [6.45, 7) is 5.52. The summed E-state index contributed by atoms with van der Waals surface area (Å²) in [6, 6.07) is 11.6. The maximum atomic E-state index is 4.82. The van der Waals surface area contributed by atoms with E-state index in [9.17, 15) is 0 Å². The third-order valence-electron chi connectivity index (χ3n) is 5.02. The van der Waals surface area contributed by atoms with E-state index in [1.54, 1.807) is 0 Å². The van der Waals surface area contributed by atoms with Crippen LogP contribution in [0.1, 0.15) is 55.0 Å². The van der Waals surface area contributed by atoms with E-state index in [0.29, 0.717) is 17.9 Å². The highest BCUT2D eigenvalue weighted by atomic mass is 15.2. The van der Waals surface area contributed by atoms with Gasteiger partial charge in [-0.25, -0.2) is 9.97 Å². The van der Waals surface area contributed by atoms with E-state index < -0.39 is 0 Å². The lowest BCUT2D eigenvalue weighted by Gasteiger charge is -2.22. The number of hydrogen-bond donors (Lipinski definition) is 0. The van der Waals surface area contributed by atoms with Crippen molar-refractivity contribution < 1.29 is 0 Å². The van der Waals surface area contributed by atoms with Gasteiger partial charge >= 0.3 is 0 Å². The van der Waals surface area contributed by atoms with Gasteiger partial charge in [-0.2, -0.15) is 0 Å². The molecule has 114 valence electrons. The van der Waals surface area contributed by atoms with Crippen molar-refractivity contribution in [3.8, 4) is 0 Å². The van der Waals surface area contributed by atoms with Crippen molar-refractivity contribution in [3.05, 3.63) is 53.5 Å². The maximum Gasteiger partial charge on any atom is 0.133 e. The molecule has 1 aliphatic carbocycles. The van der Waals surface area contributed by atoms with Crippen LogP contribution in [0.15, 0.2) is 36.5 Å². The number of nitrogens with zero attached hydrogens (tertiary/aromatic N) is 3. The first-order valence-corrected chi connectivity index (χ1v) is 8.37. The van der Waals surface area contributed by atoms with Crippen molar-refractivity contribution in [1.82, 2.24) is 9.97 Å². The molecule has 1 saturated carbocycles. The standard InChI is InChI=1S/C19H23N3/c1-13-3-5-15(6-4-13)17-11-14(2)22(12-17)18-9-10-20-19(21-18)16-7-8-16/h3-6,9-10,14,16-17H,7-8,11-12H2,1-2H3. The molecular weight excluding hydrogens is 270 g/mol. The lowest BCUT2D eigenvalue weighted by Crippen LogP contribution is -2.27. The van der Waals surface area contributed by atoms with Gasteiger partial charge in [0, 0.05) is 30.6 Å². The van der Waals surface area contributed by atoms with Gasteiger partial charge in [0.05, 0.1) is 0 Å². The highest BCUT2D eigenvalue weighted by Gasteiger charge is 2.32. The Labute approximate surface area is 132 Å². The molecule has 2 fully saturated rings. The molecule has 3 heteroatoms. The average Bonchev–Trinajstić information content (AvgIpc) is 3.31. The fourth-order valence-corrected chi connectivity index (χ4v) is 3.49. The lowest BCUT2D eigenvalue weighted by atomic mass is 9.96. The van der Waals surface area contributed by atoms with Crippen LogP contribution < -0.4 is 4.90 Å². The van der Waals surface area contributed by atoms with Gasteiger partial charge in [0.15, 0.2) is 0 Å². The monoisotopic (exact) mass is 293 g/mol. The van der Waals surface area contributed by atoms with Crippen LogP contribution in [-0.2, 0) is 0 Å². The maximum absolute atomic E-state index is 4.82. The first kappa shape index (κ1) is 13.7. The van der Waals surface area contributed by atoms with E-state index in [2.05, 4.69) is 54.1 Å². The normalized spacial score (nSPS) is 24.7. The van der Waals surface area contributed by atoms with Gasteiger partial charge in [-0.3, -0.25) is 0 Å². The minimum Gasteiger partial charge on any atom is -0.353 e. The molecule has 1 saturated heterocycles. The van der Waals surface area contributed by atoms with E-state index in [0.717, 1.165) is 18.2 Å². The average molecular weight is 293 g/mol. The second-order valence-corrected chi connectivity index (χ2v) is 6.89. The SMILES string of the molecule is Cc1ccc(C2CC(C)N(c3ccnc(C4CC4)n3)C2)cc1. The number of hydrogen-bond acceptors (Lipinski definition) is 3. The fraction of sp³-hybridized carbons (Fsp3) is 0.474. The molecular formula is C19H23N3. The van der Waals surface area contributed by atoms with Gasteiger partial charge in [0.2, 0.25) is 0 Å². The van der Waals surface area contributed by atoms with Crippen molar-refractivity contribution in [2.24, 2.45) is 0 Å². The zero-order chi connectivity index (χ0) is 15.1. The molecule has 3 nitrogen and oxygen atoms in total. The Morgan fingerprint density at radius 2 is 1.82 bits per heavy atom. The highest BCUT2D eigenvalue weighted by molar-refractivity contribution is 5.43. The zero-order valence-electron chi connectivity index (χ0n) is 13.4. The Morgan fingerprint density at radius 3 is 2.55 bits per heavy atom. The van der Waals surface area contributed by atoms with Crippen LogP contribution >= 0.6 is 0 Å². The Bertz CT molecular complexity index is 661. The molecule has 0 spiro atoms. The summed E-state index contributed by atoms with van der Waals surface area (Å²) < 4.78 is 0. The number of aryl methyl sites for hydroxylation is 1. The van der Waals surface area contributed by atoms with Crippen LogP contribution in [-0.4, -0.2) is 22.6 Å². The predicted octanol–water partition coefficient (Wildman–Crippen LogP) is 4.04. The van der Waals surface area contributed by atoms with Gasteiger partial charge < -0.3 is 4.90 Å². The third kappa shape index (κ3) is 2.60. The first-order valence-electron chi connectivity index (χ1n) is 8.37. The minimum atomic E-state index is 0.535. The second-order valence-electron chi connectivity index (χ2n) is 6.89. The van der Waals surface area contributed by atoms with E-state index in [1.807, 2.05) is 6.20 Å². The molecule has 2 atom stereocenters. The molecule has 2 unspecified atom stereocenters. The van der Waals surface area contributed by atoms with Crippen molar-refractivity contribution in [2.45, 2.75) is 51.0 Å². The molecule has 0 radical (unpaired) electrons. The molecule has 2 heterocycles. The molecule has 0 N–H and O–H groups in total. The quantitative estimate of drug-likeness (QED) is 0.855. The summed E-state index contributed by atoms with van der Waals surface area (Å²) in [5.74, 6) is 3.38. The Balaban J connectivity index is 1.55. The van der Waals surface area contributed by atoms with E-state index in [-0.39, 0.29) is 0 Å². The van der Waals surface area contributed by atoms with Crippen molar-refractivity contribution >= 4 is 5.82 Å². The number of benzene rings is 1. The van der Waals surface area contributed by atoms with Gasteiger partial charge in [0.1, 0.15) is 11.6 Å². The summed E-state index contributed by atoms with van der Waals surface area (Å²) in [7, 11) is 0. The number of rotatable bonds is 3. The molecule has 2 aliphatic rings. The molecule has 1 aromatic carbocycles. The van der Waals surface area contributed by atoms with E-state index in [4.69, 9.17) is 4.98 Å². The lowest BCUT2D eigenvalue weighted by molar-refractivity contribution is 0.695. The van der Waals surface area contributed by atoms with Gasteiger partial charge in [-0.1, -0.05) is 29.8 Å². The van der Waals surface area contributed by atoms with Crippen molar-refractivity contribution in [3.63, 3.8) is 0 Å². The van der Waals surface area contributed by atoms with E-state index >= 15 is 0 Å². The predicted molar refractivity (Wildman–Crippen MR) is 89.4 cm³/mol. The van der Waals surface area contributed by atoms with Crippen LogP contribution in [0.4, 0.5) is 5.82 Å². The Kier molecular flexibility index (Phi) is 3.36. The third-order valence-corrected chi connectivity index (χ3v) is 5.02. The second kappa shape index (κ2) is 5.38. The van der Waals surface area contributed by atoms with Gasteiger partial charge in [0.25, 0.3) is 0 Å². The molecule has 1 aliphatic heterocycles. The van der Waals surface area contributed by atoms with Crippen LogP contribution in [0, 0.1) is 6.92 Å². The smallest absolute Gasteiger partial charge is 0.133 e. The minimum absolute atomic E-state index is 0.535. The summed E-state index contributed by atoms with van der Waals surface area (Å²) >= 11 is 0. The van der Waals surface area contributed by atoms with E-state index in [1.165, 1.54) is 30.4 Å². The molecule has 0 bridgehead atoms. The summed E-state index contributed by atoms with van der Waals surface area (Å²) in [5.41, 5.74) is 2.79. The molecule has 22 heavy (non-hydrogen) atoms. The highest BCUT2D eigenvalue weighted by Crippen LogP contribution is 2.39. The van der Waals surface area contributed by atoms with Crippen LogP contribution in [0.2, 0.25) is 0 Å².